The van der Waals surface area contributed by atoms with Crippen LogP contribution in [0.3, 0.4) is 0 Å². The summed E-state index contributed by atoms with van der Waals surface area (Å²) in [7, 11) is 0. The molecule has 0 saturated carbocycles. The number of carbonyl (C=O) groups excluding carboxylic acids is 1. The van der Waals surface area contributed by atoms with Gasteiger partial charge >= 0.3 is 5.97 Å². The minimum atomic E-state index is -0.991. The predicted octanol–water partition coefficient (Wildman–Crippen LogP) is 5.63. The Kier molecular flexibility index (Phi) is 8.51. The van der Waals surface area contributed by atoms with Crippen molar-refractivity contribution in [2.24, 2.45) is 4.99 Å². The van der Waals surface area contributed by atoms with E-state index in [0.717, 1.165) is 11.4 Å². The summed E-state index contributed by atoms with van der Waals surface area (Å²) in [6, 6.07) is 14.6. The Morgan fingerprint density at radius 2 is 1.80 bits per heavy atom. The second-order valence-corrected chi connectivity index (χ2v) is 10.3. The molecule has 0 amide bonds. The van der Waals surface area contributed by atoms with Gasteiger partial charge in [0.25, 0.3) is 0 Å². The number of ketones is 1. The Morgan fingerprint density at radius 1 is 1.11 bits per heavy atom. The molecule has 2 aromatic rings. The van der Waals surface area contributed by atoms with E-state index in [4.69, 9.17) is 11.6 Å². The van der Waals surface area contributed by atoms with Crippen molar-refractivity contribution in [1.82, 2.24) is 10.2 Å². The molecule has 0 bridgehead atoms. The number of aliphatic carboxylic acids is 1. The molecule has 0 aromatic heterocycles. The molecule has 2 aromatic carbocycles. The molecular weight excluding hydrogens is 462 g/mol. The monoisotopic (exact) mass is 495 g/mol. The third kappa shape index (κ3) is 6.59. The molecule has 1 aliphatic rings. The van der Waals surface area contributed by atoms with Gasteiger partial charge in [0.05, 0.1) is 23.9 Å². The minimum absolute atomic E-state index is 0.0460. The van der Waals surface area contributed by atoms with E-state index in [9.17, 15) is 14.7 Å². The normalized spacial score (nSPS) is 16.3. The Labute approximate surface area is 212 Å². The van der Waals surface area contributed by atoms with E-state index in [-0.39, 0.29) is 23.3 Å². The third-order valence-corrected chi connectivity index (χ3v) is 6.46. The largest absolute Gasteiger partial charge is 0.478 e. The van der Waals surface area contributed by atoms with Crippen molar-refractivity contribution in [3.8, 4) is 0 Å². The fourth-order valence-electron chi connectivity index (χ4n) is 4.33. The number of halogens is 1. The molecule has 1 aliphatic heterocycles. The van der Waals surface area contributed by atoms with Gasteiger partial charge in [0.2, 0.25) is 0 Å². The second-order valence-electron chi connectivity index (χ2n) is 9.90. The van der Waals surface area contributed by atoms with Crippen molar-refractivity contribution in [3.05, 3.63) is 81.5 Å². The van der Waals surface area contributed by atoms with Crippen molar-refractivity contribution in [1.29, 1.82) is 0 Å². The molecule has 0 aliphatic carbocycles. The first kappa shape index (κ1) is 26.6. The summed E-state index contributed by atoms with van der Waals surface area (Å²) in [6.07, 6.45) is 0.714. The van der Waals surface area contributed by atoms with E-state index >= 15 is 0 Å². The zero-order valence-corrected chi connectivity index (χ0v) is 21.8. The standard InChI is InChI=1S/C28H34ClN3O3/c1-18-25(27(34)35)26(21-8-6-9-23(29)16-21)32(19(2)31-18)15-7-14-30-17-24(33)20-10-12-22(13-11-20)28(3,4)5/h6,8-13,16,26,30H,7,14-15,17H2,1-5H3,(H,34,35). The van der Waals surface area contributed by atoms with E-state index in [1.165, 1.54) is 5.56 Å². The molecule has 0 radical (unpaired) electrons. The highest BCUT2D eigenvalue weighted by molar-refractivity contribution is 6.30. The number of carboxylic acid groups (broad SMARTS) is 1. The van der Waals surface area contributed by atoms with Crippen LogP contribution in [0.5, 0.6) is 0 Å². The number of hydrogen-bond donors (Lipinski definition) is 2. The molecule has 186 valence electrons. The Hall–Kier alpha value is -2.96. The number of nitrogens with one attached hydrogen (secondary N) is 1. The lowest BCUT2D eigenvalue weighted by molar-refractivity contribution is -0.133. The number of rotatable bonds is 9. The zero-order valence-electron chi connectivity index (χ0n) is 21.1. The van der Waals surface area contributed by atoms with Gasteiger partial charge in [-0.2, -0.15) is 0 Å². The lowest BCUT2D eigenvalue weighted by atomic mass is 9.86. The van der Waals surface area contributed by atoms with Gasteiger partial charge in [-0.3, -0.25) is 4.79 Å². The van der Waals surface area contributed by atoms with Crippen molar-refractivity contribution in [2.45, 2.75) is 52.5 Å². The van der Waals surface area contributed by atoms with E-state index in [1.54, 1.807) is 19.1 Å². The second kappa shape index (κ2) is 11.2. The van der Waals surface area contributed by atoms with Crippen molar-refractivity contribution >= 4 is 29.2 Å². The maximum absolute atomic E-state index is 12.6. The maximum Gasteiger partial charge on any atom is 0.335 e. The number of carbonyl (C=O) groups is 2. The molecule has 1 unspecified atom stereocenters. The topological polar surface area (TPSA) is 82.0 Å². The average Bonchev–Trinajstić information content (AvgIpc) is 2.78. The van der Waals surface area contributed by atoms with Gasteiger partial charge < -0.3 is 15.3 Å². The van der Waals surface area contributed by atoms with Crippen molar-refractivity contribution in [3.63, 3.8) is 0 Å². The fourth-order valence-corrected chi connectivity index (χ4v) is 4.53. The number of allylic oxidation sites excluding steroid dienone is 1. The molecular formula is C28H34ClN3O3. The number of nitrogens with zero attached hydrogens (tertiary/aromatic N) is 2. The van der Waals surface area contributed by atoms with Gasteiger partial charge in [0, 0.05) is 17.1 Å². The van der Waals surface area contributed by atoms with Crippen LogP contribution < -0.4 is 5.32 Å². The first-order valence-electron chi connectivity index (χ1n) is 11.8. The molecule has 35 heavy (non-hydrogen) atoms. The summed E-state index contributed by atoms with van der Waals surface area (Å²) in [5, 5.41) is 13.7. The van der Waals surface area contributed by atoms with E-state index in [0.29, 0.717) is 35.8 Å². The number of Topliss-reactive ketones (excluding diaryl/α,β-unsaturated/α-hetero) is 1. The summed E-state index contributed by atoms with van der Waals surface area (Å²) in [5.41, 5.74) is 3.49. The lowest BCUT2D eigenvalue weighted by Gasteiger charge is -2.37. The molecule has 3 rings (SSSR count). The smallest absolute Gasteiger partial charge is 0.335 e. The van der Waals surface area contributed by atoms with Crippen LogP contribution in [0.1, 0.15) is 68.6 Å². The van der Waals surface area contributed by atoms with Crippen LogP contribution in [0.25, 0.3) is 0 Å². The quantitative estimate of drug-likeness (QED) is 0.348. The van der Waals surface area contributed by atoms with Crippen LogP contribution in [0, 0.1) is 0 Å². The summed E-state index contributed by atoms with van der Waals surface area (Å²) < 4.78 is 0. The van der Waals surface area contributed by atoms with Crippen molar-refractivity contribution < 1.29 is 14.7 Å². The van der Waals surface area contributed by atoms with E-state index in [2.05, 4.69) is 31.1 Å². The summed E-state index contributed by atoms with van der Waals surface area (Å²) in [6.45, 7) is 11.5. The number of aliphatic imine (C=N–C) groups is 1. The number of benzene rings is 2. The molecule has 7 heteroatoms. The van der Waals surface area contributed by atoms with Gasteiger partial charge in [-0.25, -0.2) is 9.79 Å². The summed E-state index contributed by atoms with van der Waals surface area (Å²) in [4.78, 5) is 31.2. The average molecular weight is 496 g/mol. The summed E-state index contributed by atoms with van der Waals surface area (Å²) >= 11 is 6.21. The van der Waals surface area contributed by atoms with E-state index in [1.807, 2.05) is 48.2 Å². The highest BCUT2D eigenvalue weighted by Crippen LogP contribution is 2.36. The molecule has 6 nitrogen and oxygen atoms in total. The number of amidine groups is 1. The van der Waals surface area contributed by atoms with Gasteiger partial charge in [0.1, 0.15) is 5.84 Å². The molecule has 0 spiro atoms. The van der Waals surface area contributed by atoms with Gasteiger partial charge in [-0.15, -0.1) is 0 Å². The van der Waals surface area contributed by atoms with Crippen LogP contribution in [0.2, 0.25) is 5.02 Å². The molecule has 2 N–H and O–H groups in total. The van der Waals surface area contributed by atoms with Crippen LogP contribution in [-0.2, 0) is 10.2 Å². The molecule has 0 fully saturated rings. The predicted molar refractivity (Wildman–Crippen MR) is 141 cm³/mol. The van der Waals surface area contributed by atoms with Crippen LogP contribution in [0.4, 0.5) is 0 Å². The first-order valence-corrected chi connectivity index (χ1v) is 12.2. The minimum Gasteiger partial charge on any atom is -0.478 e. The van der Waals surface area contributed by atoms with Crippen LogP contribution in [0.15, 0.2) is 64.8 Å². The SMILES string of the molecule is CC1=NC(C)=C(C(=O)O)C(c2cccc(Cl)c2)N1CCCNCC(=O)c1ccc(C(C)(C)C)cc1. The first-order chi connectivity index (χ1) is 16.5. The fraction of sp³-hybridized carbons (Fsp3) is 0.393. The molecule has 1 atom stereocenters. The number of hydrogen-bond acceptors (Lipinski definition) is 5. The van der Waals surface area contributed by atoms with Crippen LogP contribution >= 0.6 is 11.6 Å². The van der Waals surface area contributed by atoms with Crippen molar-refractivity contribution in [2.75, 3.05) is 19.6 Å². The highest BCUT2D eigenvalue weighted by Gasteiger charge is 2.34. The van der Waals surface area contributed by atoms with Gasteiger partial charge in [-0.05, 0) is 55.5 Å². The third-order valence-electron chi connectivity index (χ3n) is 6.23. The Bertz CT molecular complexity index is 1150. The Morgan fingerprint density at radius 3 is 2.40 bits per heavy atom. The number of carboxylic acids is 1. The highest BCUT2D eigenvalue weighted by atomic mass is 35.5. The Balaban J connectivity index is 1.62. The van der Waals surface area contributed by atoms with E-state index < -0.39 is 12.0 Å². The summed E-state index contributed by atoms with van der Waals surface area (Å²) in [5.74, 6) is -0.188. The van der Waals surface area contributed by atoms with Gasteiger partial charge in [0.15, 0.2) is 5.78 Å². The molecule has 0 saturated heterocycles. The zero-order chi connectivity index (χ0) is 25.8. The lowest BCUT2D eigenvalue weighted by Crippen LogP contribution is -2.40. The van der Waals surface area contributed by atoms with Gasteiger partial charge in [-0.1, -0.05) is 68.8 Å². The van der Waals surface area contributed by atoms with Crippen LogP contribution in [-0.4, -0.2) is 47.2 Å². The molecule has 1 heterocycles. The maximum atomic E-state index is 12.6.